The van der Waals surface area contributed by atoms with Crippen molar-refractivity contribution >= 4 is 11.8 Å². The van der Waals surface area contributed by atoms with Crippen LogP contribution >= 0.6 is 11.8 Å². The number of ether oxygens (including phenoxy) is 2. The molecule has 0 spiro atoms. The molecule has 0 amide bonds. The predicted octanol–water partition coefficient (Wildman–Crippen LogP) is 3.39. The fourth-order valence-electron chi connectivity index (χ4n) is 3.39. The van der Waals surface area contributed by atoms with E-state index in [1.807, 2.05) is 11.8 Å². The molecule has 0 radical (unpaired) electrons. The van der Waals surface area contributed by atoms with Crippen LogP contribution in [0.25, 0.3) is 0 Å². The number of rotatable bonds is 6. The molecule has 0 bridgehead atoms. The maximum atomic E-state index is 5.77. The van der Waals surface area contributed by atoms with Gasteiger partial charge in [-0.2, -0.15) is 0 Å². The molecule has 2 aliphatic heterocycles. The first-order chi connectivity index (χ1) is 10.3. The molecule has 1 fully saturated rings. The normalized spacial score (nSPS) is 25.2. The first-order valence-electron chi connectivity index (χ1n) is 7.86. The quantitative estimate of drug-likeness (QED) is 0.751. The van der Waals surface area contributed by atoms with Crippen LogP contribution in [0.4, 0.5) is 0 Å². The highest BCUT2D eigenvalue weighted by atomic mass is 32.2. The molecule has 3 nitrogen and oxygen atoms in total. The maximum absolute atomic E-state index is 5.77. The lowest BCUT2D eigenvalue weighted by Gasteiger charge is -2.23. The van der Waals surface area contributed by atoms with E-state index in [4.69, 9.17) is 9.47 Å². The Morgan fingerprint density at radius 1 is 1.33 bits per heavy atom. The first-order valence-corrected chi connectivity index (χ1v) is 8.85. The minimum Gasteiger partial charge on any atom is -0.491 e. The molecule has 0 aliphatic carbocycles. The van der Waals surface area contributed by atoms with Gasteiger partial charge in [-0.05, 0) is 62.5 Å². The number of methoxy groups -OCH3 is 1. The molecule has 4 heteroatoms. The van der Waals surface area contributed by atoms with Gasteiger partial charge in [0.25, 0.3) is 0 Å². The van der Waals surface area contributed by atoms with Gasteiger partial charge in [0.05, 0.1) is 6.61 Å². The number of nitrogens with zero attached hydrogens (tertiary/aromatic N) is 1. The van der Waals surface area contributed by atoms with Crippen LogP contribution in [0.3, 0.4) is 0 Å². The topological polar surface area (TPSA) is 21.7 Å². The molecule has 1 saturated heterocycles. The Hall–Kier alpha value is -0.710. The summed E-state index contributed by atoms with van der Waals surface area (Å²) in [5.74, 6) is 2.89. The Bertz CT molecular complexity index is 480. The third-order valence-corrected chi connectivity index (χ3v) is 5.90. The minimum absolute atomic E-state index is 0.623. The number of fused-ring (bicyclic) bond motifs is 1. The third kappa shape index (κ3) is 3.55. The van der Waals surface area contributed by atoms with Gasteiger partial charge in [-0.15, -0.1) is 11.8 Å². The van der Waals surface area contributed by atoms with Gasteiger partial charge < -0.3 is 14.4 Å². The van der Waals surface area contributed by atoms with E-state index in [0.29, 0.717) is 19.1 Å². The van der Waals surface area contributed by atoms with E-state index in [9.17, 15) is 0 Å². The first kappa shape index (κ1) is 15.2. The fourth-order valence-corrected chi connectivity index (χ4v) is 4.64. The minimum atomic E-state index is 0.623. The Morgan fingerprint density at radius 2 is 2.24 bits per heavy atom. The number of likely N-dealkylation sites (tertiary alicyclic amines) is 1. The summed E-state index contributed by atoms with van der Waals surface area (Å²) in [6.45, 7) is 2.53. The van der Waals surface area contributed by atoms with Crippen molar-refractivity contribution in [2.24, 2.45) is 0 Å². The average molecular weight is 307 g/mol. The SMILES string of the molecule is COCCOc1ccc2c(c1)[C@H](C[C@H]1CCCN1C)CS2. The summed E-state index contributed by atoms with van der Waals surface area (Å²) in [7, 11) is 3.97. The Kier molecular flexibility index (Phi) is 5.09. The van der Waals surface area contributed by atoms with E-state index in [1.165, 1.54) is 42.0 Å². The van der Waals surface area contributed by atoms with Crippen molar-refractivity contribution in [3.05, 3.63) is 23.8 Å². The van der Waals surface area contributed by atoms with Gasteiger partial charge in [-0.3, -0.25) is 0 Å². The second-order valence-electron chi connectivity index (χ2n) is 6.06. The van der Waals surface area contributed by atoms with Gasteiger partial charge >= 0.3 is 0 Å². The molecule has 2 heterocycles. The van der Waals surface area contributed by atoms with Crippen LogP contribution < -0.4 is 4.74 Å². The lowest BCUT2D eigenvalue weighted by molar-refractivity contribution is 0.146. The molecule has 1 aromatic rings. The number of hydrogen-bond acceptors (Lipinski definition) is 4. The molecule has 2 aliphatic rings. The summed E-state index contributed by atoms with van der Waals surface area (Å²) >= 11 is 2.00. The summed E-state index contributed by atoms with van der Waals surface area (Å²) < 4.78 is 10.8. The van der Waals surface area contributed by atoms with E-state index in [2.05, 4.69) is 30.1 Å². The van der Waals surface area contributed by atoms with E-state index in [1.54, 1.807) is 7.11 Å². The zero-order chi connectivity index (χ0) is 14.7. The van der Waals surface area contributed by atoms with Crippen LogP contribution in [0.5, 0.6) is 5.75 Å². The second-order valence-corrected chi connectivity index (χ2v) is 7.12. The zero-order valence-electron chi connectivity index (χ0n) is 13.0. The molecule has 0 saturated carbocycles. The molecular formula is C17H25NO2S. The van der Waals surface area contributed by atoms with Crippen molar-refractivity contribution in [2.75, 3.05) is 39.7 Å². The molecule has 21 heavy (non-hydrogen) atoms. The smallest absolute Gasteiger partial charge is 0.119 e. The van der Waals surface area contributed by atoms with Gasteiger partial charge in [0.15, 0.2) is 0 Å². The molecule has 0 unspecified atom stereocenters. The van der Waals surface area contributed by atoms with E-state index in [0.717, 1.165) is 11.8 Å². The highest BCUT2D eigenvalue weighted by Gasteiger charge is 2.29. The zero-order valence-corrected chi connectivity index (χ0v) is 13.8. The van der Waals surface area contributed by atoms with Crippen LogP contribution in [0.15, 0.2) is 23.1 Å². The lowest BCUT2D eigenvalue weighted by atomic mass is 9.93. The summed E-state index contributed by atoms with van der Waals surface area (Å²) in [6, 6.07) is 7.33. The summed E-state index contributed by atoms with van der Waals surface area (Å²) in [4.78, 5) is 3.97. The Labute approximate surface area is 132 Å². The lowest BCUT2D eigenvalue weighted by Crippen LogP contribution is -2.26. The van der Waals surface area contributed by atoms with Crippen molar-refractivity contribution < 1.29 is 9.47 Å². The highest BCUT2D eigenvalue weighted by Crippen LogP contribution is 2.44. The van der Waals surface area contributed by atoms with E-state index < -0.39 is 0 Å². The van der Waals surface area contributed by atoms with E-state index >= 15 is 0 Å². The molecule has 0 N–H and O–H groups in total. The molecular weight excluding hydrogens is 282 g/mol. The summed E-state index contributed by atoms with van der Waals surface area (Å²) in [5, 5.41) is 0. The van der Waals surface area contributed by atoms with Crippen molar-refractivity contribution in [1.82, 2.24) is 4.90 Å². The standard InChI is InChI=1S/C17H25NO2S/c1-18-7-3-4-14(18)10-13-12-21-17-6-5-15(11-16(13)17)20-9-8-19-2/h5-6,11,13-14H,3-4,7-10,12H2,1-2H3/t13-,14-/m1/s1. The van der Waals surface area contributed by atoms with Gasteiger partial charge in [0.1, 0.15) is 12.4 Å². The predicted molar refractivity (Wildman–Crippen MR) is 87.5 cm³/mol. The van der Waals surface area contributed by atoms with Crippen LogP contribution in [-0.2, 0) is 4.74 Å². The monoisotopic (exact) mass is 307 g/mol. The van der Waals surface area contributed by atoms with Crippen LogP contribution in [0, 0.1) is 0 Å². The molecule has 2 atom stereocenters. The third-order valence-electron chi connectivity index (χ3n) is 4.65. The van der Waals surface area contributed by atoms with Gasteiger partial charge in [0.2, 0.25) is 0 Å². The number of thioether (sulfide) groups is 1. The second kappa shape index (κ2) is 7.03. The molecule has 3 rings (SSSR count). The van der Waals surface area contributed by atoms with Crippen LogP contribution in [0.1, 0.15) is 30.7 Å². The molecule has 116 valence electrons. The average Bonchev–Trinajstić information content (AvgIpc) is 3.07. The Morgan fingerprint density at radius 3 is 3.00 bits per heavy atom. The van der Waals surface area contributed by atoms with Crippen molar-refractivity contribution in [1.29, 1.82) is 0 Å². The highest BCUT2D eigenvalue weighted by molar-refractivity contribution is 7.99. The summed E-state index contributed by atoms with van der Waals surface area (Å²) in [6.07, 6.45) is 4.00. The van der Waals surface area contributed by atoms with Gasteiger partial charge in [0, 0.05) is 23.8 Å². The van der Waals surface area contributed by atoms with Crippen LogP contribution in [0.2, 0.25) is 0 Å². The van der Waals surface area contributed by atoms with Gasteiger partial charge in [-0.1, -0.05) is 0 Å². The summed E-state index contributed by atoms with van der Waals surface area (Å²) in [5.41, 5.74) is 1.50. The fraction of sp³-hybridized carbons (Fsp3) is 0.647. The van der Waals surface area contributed by atoms with E-state index in [-0.39, 0.29) is 0 Å². The molecule has 0 aromatic heterocycles. The van der Waals surface area contributed by atoms with Crippen molar-refractivity contribution in [3.63, 3.8) is 0 Å². The molecule has 1 aromatic carbocycles. The Balaban J connectivity index is 1.66. The van der Waals surface area contributed by atoms with Gasteiger partial charge in [-0.25, -0.2) is 0 Å². The number of hydrogen-bond donors (Lipinski definition) is 0. The largest absolute Gasteiger partial charge is 0.491 e. The maximum Gasteiger partial charge on any atom is 0.119 e. The van der Waals surface area contributed by atoms with Crippen LogP contribution in [-0.4, -0.2) is 50.6 Å². The number of benzene rings is 1. The van der Waals surface area contributed by atoms with Crippen molar-refractivity contribution in [2.45, 2.75) is 36.1 Å². The van der Waals surface area contributed by atoms with Crippen molar-refractivity contribution in [3.8, 4) is 5.75 Å².